The number of aliphatic hydroxyl groups excluding tert-OH is 1. The summed E-state index contributed by atoms with van der Waals surface area (Å²) in [6.07, 6.45) is 54.5. The molecule has 90 heavy (non-hydrogen) atoms. The van der Waals surface area contributed by atoms with Gasteiger partial charge in [-0.15, -0.1) is 0 Å². The van der Waals surface area contributed by atoms with Crippen LogP contribution < -0.4 is 0 Å². The van der Waals surface area contributed by atoms with Crippen LogP contribution in [0.15, 0.2) is 0 Å². The summed E-state index contributed by atoms with van der Waals surface area (Å²) in [7, 11) is -9.89. The van der Waals surface area contributed by atoms with E-state index >= 15 is 0 Å². The lowest BCUT2D eigenvalue weighted by atomic mass is 10.0. The zero-order chi connectivity index (χ0) is 66.1. The van der Waals surface area contributed by atoms with Crippen molar-refractivity contribution in [3.05, 3.63) is 0 Å². The molecule has 0 aromatic rings. The lowest BCUT2D eigenvalue weighted by molar-refractivity contribution is -0.161. The van der Waals surface area contributed by atoms with Crippen LogP contribution in [0.4, 0.5) is 0 Å². The third-order valence-corrected chi connectivity index (χ3v) is 18.5. The molecule has 0 aromatic heterocycles. The summed E-state index contributed by atoms with van der Waals surface area (Å²) < 4.78 is 68.1. The van der Waals surface area contributed by atoms with Gasteiger partial charge in [0, 0.05) is 25.7 Å². The first kappa shape index (κ1) is 88.1. The van der Waals surface area contributed by atoms with Gasteiger partial charge in [0.1, 0.15) is 19.3 Å². The Balaban J connectivity index is 5.13. The molecule has 19 heteroatoms. The molecular weight excluding hydrogens is 1190 g/mol. The summed E-state index contributed by atoms with van der Waals surface area (Å²) in [6, 6.07) is 0. The Kier molecular flexibility index (Phi) is 64.3. The molecule has 0 aliphatic carbocycles. The molecule has 534 valence electrons. The van der Waals surface area contributed by atoms with Crippen molar-refractivity contribution >= 4 is 39.5 Å². The van der Waals surface area contributed by atoms with Crippen molar-refractivity contribution < 1.29 is 80.2 Å². The Bertz CT molecular complexity index is 1720. The molecule has 0 amide bonds. The number of hydrogen-bond acceptors (Lipinski definition) is 15. The summed E-state index contributed by atoms with van der Waals surface area (Å²) in [5.74, 6) is -2.13. The Hall–Kier alpha value is -1.94. The number of carbonyl (C=O) groups excluding carboxylic acids is 4. The van der Waals surface area contributed by atoms with Crippen molar-refractivity contribution in [2.75, 3.05) is 39.6 Å². The number of ether oxygens (including phenoxy) is 4. The minimum Gasteiger partial charge on any atom is -0.462 e. The van der Waals surface area contributed by atoms with Gasteiger partial charge < -0.3 is 33.8 Å². The molecule has 0 rings (SSSR count). The Morgan fingerprint density at radius 2 is 0.444 bits per heavy atom. The van der Waals surface area contributed by atoms with E-state index in [1.165, 1.54) is 180 Å². The van der Waals surface area contributed by atoms with E-state index in [0.29, 0.717) is 25.7 Å². The molecule has 0 bridgehead atoms. The number of hydrogen-bond donors (Lipinski definition) is 3. The van der Waals surface area contributed by atoms with E-state index in [2.05, 4.69) is 27.7 Å². The maximum atomic E-state index is 13.0. The predicted octanol–water partition coefficient (Wildman–Crippen LogP) is 20.7. The van der Waals surface area contributed by atoms with Gasteiger partial charge in [0.2, 0.25) is 0 Å². The smallest absolute Gasteiger partial charge is 0.462 e. The second kappa shape index (κ2) is 65.7. The lowest BCUT2D eigenvalue weighted by Crippen LogP contribution is -2.30. The molecule has 0 aliphatic heterocycles. The van der Waals surface area contributed by atoms with Crippen LogP contribution in [0.1, 0.15) is 374 Å². The highest BCUT2D eigenvalue weighted by molar-refractivity contribution is 7.47. The van der Waals surface area contributed by atoms with Gasteiger partial charge in [-0.05, 0) is 25.7 Å². The van der Waals surface area contributed by atoms with Crippen molar-refractivity contribution in [1.29, 1.82) is 0 Å². The van der Waals surface area contributed by atoms with Crippen LogP contribution >= 0.6 is 15.6 Å². The van der Waals surface area contributed by atoms with Gasteiger partial charge in [-0.1, -0.05) is 323 Å². The number of phosphoric acid groups is 2. The fourth-order valence-corrected chi connectivity index (χ4v) is 12.4. The normalized spacial score (nSPS) is 14.0. The van der Waals surface area contributed by atoms with Gasteiger partial charge in [-0.2, -0.15) is 0 Å². The minimum atomic E-state index is -4.95. The van der Waals surface area contributed by atoms with Gasteiger partial charge in [0.05, 0.1) is 26.4 Å². The standard InChI is InChI=1S/C71H138O17P2/c1-5-9-13-17-21-23-25-27-29-31-33-35-37-39-41-45-48-52-56-69(74)82-62-67(88-71(76)58-54-50-46-42-40-38-36-34-32-30-28-26-24-22-18-14-10-6-2)64-86-90(79,80)84-60-65(72)59-83-89(77,78)85-63-66(87-70(75)57-53-49-44-20-16-12-8-4)61-81-68(73)55-51-47-43-19-15-11-7-3/h65-67,72H,5-64H2,1-4H3,(H,77,78)(H,79,80)/t65-,66+,67+/m0/s1. The van der Waals surface area contributed by atoms with Crippen molar-refractivity contribution in [2.24, 2.45) is 0 Å². The van der Waals surface area contributed by atoms with Crippen molar-refractivity contribution in [1.82, 2.24) is 0 Å². The van der Waals surface area contributed by atoms with Crippen LogP contribution in [0.3, 0.4) is 0 Å². The molecule has 0 aromatic carbocycles. The SMILES string of the molecule is CCCCCCCCCCCCCCCCCCCCC(=O)OC[C@H](COP(=O)(O)OC[C@@H](O)COP(=O)(O)OC[C@@H](COC(=O)CCCCCCCCC)OC(=O)CCCCCCCCC)OC(=O)CCCCCCCCCCCCCCCCCCCC. The topological polar surface area (TPSA) is 237 Å². The molecule has 0 aliphatic rings. The van der Waals surface area contributed by atoms with Crippen molar-refractivity contribution in [2.45, 2.75) is 393 Å². The van der Waals surface area contributed by atoms with Gasteiger partial charge in [-0.3, -0.25) is 37.3 Å². The van der Waals surface area contributed by atoms with E-state index in [9.17, 15) is 43.2 Å². The maximum absolute atomic E-state index is 13.0. The van der Waals surface area contributed by atoms with Crippen LogP contribution in [0.5, 0.6) is 0 Å². The third kappa shape index (κ3) is 64.8. The van der Waals surface area contributed by atoms with E-state index in [0.717, 1.165) is 116 Å². The largest absolute Gasteiger partial charge is 0.472 e. The van der Waals surface area contributed by atoms with Crippen LogP contribution in [-0.2, 0) is 65.4 Å². The molecule has 0 spiro atoms. The summed E-state index contributed by atoms with van der Waals surface area (Å²) in [5, 5.41) is 10.6. The molecule has 17 nitrogen and oxygen atoms in total. The summed E-state index contributed by atoms with van der Waals surface area (Å²) >= 11 is 0. The molecule has 5 atom stereocenters. The first-order valence-corrected chi connectivity index (χ1v) is 40.3. The van der Waals surface area contributed by atoms with Gasteiger partial charge >= 0.3 is 39.5 Å². The van der Waals surface area contributed by atoms with Gasteiger partial charge in [0.25, 0.3) is 0 Å². The molecule has 0 radical (unpaired) electrons. The number of phosphoric ester groups is 2. The average molecular weight is 1330 g/mol. The maximum Gasteiger partial charge on any atom is 0.472 e. The Morgan fingerprint density at radius 1 is 0.267 bits per heavy atom. The van der Waals surface area contributed by atoms with E-state index in [4.69, 9.17) is 37.0 Å². The molecule has 3 N–H and O–H groups in total. The fourth-order valence-electron chi connectivity index (χ4n) is 10.9. The molecule has 0 saturated heterocycles. The Labute approximate surface area is 549 Å². The molecule has 0 fully saturated rings. The van der Waals surface area contributed by atoms with E-state index < -0.39 is 97.5 Å². The molecular formula is C71H138O17P2. The second-order valence-corrected chi connectivity index (χ2v) is 28.5. The zero-order valence-corrected chi connectivity index (χ0v) is 59.9. The van der Waals surface area contributed by atoms with Crippen molar-refractivity contribution in [3.8, 4) is 0 Å². The van der Waals surface area contributed by atoms with E-state index in [1.54, 1.807) is 0 Å². The monoisotopic (exact) mass is 1320 g/mol. The van der Waals surface area contributed by atoms with Crippen LogP contribution in [0.2, 0.25) is 0 Å². The number of rotatable bonds is 72. The first-order valence-electron chi connectivity index (χ1n) is 37.3. The van der Waals surface area contributed by atoms with E-state index in [-0.39, 0.29) is 25.7 Å². The quantitative estimate of drug-likeness (QED) is 0.0222. The molecule has 0 saturated carbocycles. The number of esters is 4. The van der Waals surface area contributed by atoms with Crippen LogP contribution in [0, 0.1) is 0 Å². The highest BCUT2D eigenvalue weighted by atomic mass is 31.2. The highest BCUT2D eigenvalue weighted by Gasteiger charge is 2.30. The fraction of sp³-hybridized carbons (Fsp3) is 0.944. The number of unbranched alkanes of at least 4 members (excludes halogenated alkanes) is 46. The number of carbonyl (C=O) groups is 4. The first-order chi connectivity index (χ1) is 43.7. The van der Waals surface area contributed by atoms with Crippen LogP contribution in [-0.4, -0.2) is 96.7 Å². The zero-order valence-electron chi connectivity index (χ0n) is 58.1. The summed E-state index contributed by atoms with van der Waals surface area (Å²) in [6.45, 7) is 4.87. The Morgan fingerprint density at radius 3 is 0.656 bits per heavy atom. The summed E-state index contributed by atoms with van der Waals surface area (Å²) in [4.78, 5) is 72.3. The second-order valence-electron chi connectivity index (χ2n) is 25.6. The third-order valence-electron chi connectivity index (χ3n) is 16.6. The van der Waals surface area contributed by atoms with E-state index in [1.807, 2.05) is 0 Å². The average Bonchev–Trinajstić information content (AvgIpc) is 3.71. The van der Waals surface area contributed by atoms with Gasteiger partial charge in [-0.25, -0.2) is 9.13 Å². The van der Waals surface area contributed by atoms with Crippen LogP contribution in [0.25, 0.3) is 0 Å². The molecule has 0 heterocycles. The van der Waals surface area contributed by atoms with Crippen molar-refractivity contribution in [3.63, 3.8) is 0 Å². The predicted molar refractivity (Wildman–Crippen MR) is 363 cm³/mol. The highest BCUT2D eigenvalue weighted by Crippen LogP contribution is 2.45. The minimum absolute atomic E-state index is 0.104. The number of aliphatic hydroxyl groups is 1. The summed E-state index contributed by atoms with van der Waals surface area (Å²) in [5.41, 5.74) is 0. The van der Waals surface area contributed by atoms with Gasteiger partial charge in [0.15, 0.2) is 12.2 Å². The molecule has 2 unspecified atom stereocenters. The lowest BCUT2D eigenvalue weighted by Gasteiger charge is -2.21.